The number of hydrogen-bond donors (Lipinski definition) is 2. The van der Waals surface area contributed by atoms with E-state index in [0.29, 0.717) is 17.1 Å². The Labute approximate surface area is 125 Å². The topological polar surface area (TPSA) is 66.8 Å². The molecule has 0 heterocycles. The average molecular weight is 308 g/mol. The zero-order chi connectivity index (χ0) is 15.4. The van der Waals surface area contributed by atoms with E-state index >= 15 is 0 Å². The van der Waals surface area contributed by atoms with Crippen molar-refractivity contribution in [3.63, 3.8) is 0 Å². The minimum Gasteiger partial charge on any atom is -0.507 e. The Morgan fingerprint density at radius 3 is 2.52 bits per heavy atom. The smallest absolute Gasteiger partial charge is 0.339 e. The molecule has 0 unspecified atom stereocenters. The van der Waals surface area contributed by atoms with E-state index < -0.39 is 5.97 Å². The fourth-order valence-corrected chi connectivity index (χ4v) is 2.71. The van der Waals surface area contributed by atoms with Gasteiger partial charge in [0.05, 0.1) is 7.11 Å². The fourth-order valence-electron chi connectivity index (χ4n) is 1.83. The number of rotatable bonds is 5. The van der Waals surface area contributed by atoms with E-state index in [2.05, 4.69) is 0 Å². The normalized spacial score (nSPS) is 10.4. The van der Waals surface area contributed by atoms with Crippen LogP contribution >= 0.6 is 11.8 Å². The molecule has 2 aromatic carbocycles. The number of hydrogen-bond acceptors (Lipinski definition) is 4. The van der Waals surface area contributed by atoms with Gasteiger partial charge in [-0.2, -0.15) is 0 Å². The molecule has 0 aliphatic heterocycles. The van der Waals surface area contributed by atoms with Crippen LogP contribution in [0.4, 0.5) is 4.39 Å². The molecule has 6 heteroatoms. The monoisotopic (exact) mass is 308 g/mol. The summed E-state index contributed by atoms with van der Waals surface area (Å²) in [5.74, 6) is -1.17. The molecule has 0 amide bonds. The van der Waals surface area contributed by atoms with Crippen LogP contribution in [0.3, 0.4) is 0 Å². The van der Waals surface area contributed by atoms with Crippen molar-refractivity contribution in [1.82, 2.24) is 0 Å². The summed E-state index contributed by atoms with van der Waals surface area (Å²) in [4.78, 5) is 12.0. The summed E-state index contributed by atoms with van der Waals surface area (Å²) in [6, 6.07) is 8.73. The highest BCUT2D eigenvalue weighted by atomic mass is 32.2. The molecule has 0 aliphatic rings. The van der Waals surface area contributed by atoms with Gasteiger partial charge in [-0.15, -0.1) is 11.8 Å². The predicted molar refractivity (Wildman–Crippen MR) is 77.6 cm³/mol. The molecule has 2 rings (SSSR count). The molecule has 0 atom stereocenters. The van der Waals surface area contributed by atoms with Crippen molar-refractivity contribution < 1.29 is 24.1 Å². The lowest BCUT2D eigenvalue weighted by Crippen LogP contribution is -2.03. The van der Waals surface area contributed by atoms with Crippen molar-refractivity contribution in [3.05, 3.63) is 53.3 Å². The van der Waals surface area contributed by atoms with E-state index in [4.69, 9.17) is 4.74 Å². The largest absolute Gasteiger partial charge is 0.507 e. The van der Waals surface area contributed by atoms with E-state index in [9.17, 15) is 19.4 Å². The van der Waals surface area contributed by atoms with Gasteiger partial charge in [-0.1, -0.05) is 0 Å². The van der Waals surface area contributed by atoms with Crippen LogP contribution in [0, 0.1) is 5.82 Å². The van der Waals surface area contributed by atoms with E-state index in [-0.39, 0.29) is 17.1 Å². The molecular weight excluding hydrogens is 295 g/mol. The first-order valence-corrected chi connectivity index (χ1v) is 7.01. The highest BCUT2D eigenvalue weighted by Gasteiger charge is 2.17. The van der Waals surface area contributed by atoms with Crippen molar-refractivity contribution in [1.29, 1.82) is 0 Å². The highest BCUT2D eigenvalue weighted by Crippen LogP contribution is 2.32. The number of carboxylic acids is 1. The Morgan fingerprint density at radius 1 is 1.29 bits per heavy atom. The molecule has 2 N–H and O–H groups in total. The number of methoxy groups -OCH3 is 1. The zero-order valence-corrected chi connectivity index (χ0v) is 12.0. The molecule has 2 aromatic rings. The molecule has 0 fully saturated rings. The molecular formula is C15H13FO4S. The molecule has 0 aromatic heterocycles. The maximum absolute atomic E-state index is 12.8. The number of halogens is 1. The number of benzene rings is 2. The lowest BCUT2D eigenvalue weighted by molar-refractivity contribution is 0.0693. The molecule has 0 saturated carbocycles. The summed E-state index contributed by atoms with van der Waals surface area (Å²) in [5, 5.41) is 19.0. The van der Waals surface area contributed by atoms with E-state index in [1.165, 1.54) is 37.1 Å². The van der Waals surface area contributed by atoms with Crippen molar-refractivity contribution in [2.24, 2.45) is 0 Å². The first kappa shape index (κ1) is 15.2. The minimum atomic E-state index is -1.20. The van der Waals surface area contributed by atoms with Crippen molar-refractivity contribution in [2.75, 3.05) is 7.11 Å². The molecule has 0 aliphatic carbocycles. The van der Waals surface area contributed by atoms with Gasteiger partial charge in [0.1, 0.15) is 22.9 Å². The molecule has 0 bridgehead atoms. The van der Waals surface area contributed by atoms with Crippen LogP contribution in [-0.2, 0) is 5.75 Å². The number of thioether (sulfide) groups is 1. The summed E-state index contributed by atoms with van der Waals surface area (Å²) in [6.45, 7) is 0. The molecule has 0 spiro atoms. The zero-order valence-electron chi connectivity index (χ0n) is 11.2. The standard InChI is InChI=1S/C15H13FO4S/c1-20-11-6-9(14(15(18)19)13(17)7-11)8-21-12-4-2-10(16)3-5-12/h2-7,17H,8H2,1H3,(H,18,19). The number of phenols is 1. The molecule has 21 heavy (non-hydrogen) atoms. The van der Waals surface area contributed by atoms with Gasteiger partial charge in [0.2, 0.25) is 0 Å². The molecule has 110 valence electrons. The first-order valence-electron chi connectivity index (χ1n) is 6.03. The van der Waals surface area contributed by atoms with E-state index in [1.54, 1.807) is 18.2 Å². The second-order valence-corrected chi connectivity index (χ2v) is 5.28. The maximum atomic E-state index is 12.8. The summed E-state index contributed by atoms with van der Waals surface area (Å²) in [6.07, 6.45) is 0. The molecule has 4 nitrogen and oxygen atoms in total. The SMILES string of the molecule is COc1cc(O)c(C(=O)O)c(CSc2ccc(F)cc2)c1. The van der Waals surface area contributed by atoms with Crippen LogP contribution in [0.5, 0.6) is 11.5 Å². The van der Waals surface area contributed by atoms with Gasteiger partial charge >= 0.3 is 5.97 Å². The Bertz CT molecular complexity index is 655. The van der Waals surface area contributed by atoms with Crippen molar-refractivity contribution >= 4 is 17.7 Å². The minimum absolute atomic E-state index is 0.148. The van der Waals surface area contributed by atoms with E-state index in [0.717, 1.165) is 4.90 Å². The maximum Gasteiger partial charge on any atom is 0.339 e. The van der Waals surface area contributed by atoms with Crippen molar-refractivity contribution in [2.45, 2.75) is 10.6 Å². The Kier molecular flexibility index (Phi) is 4.70. The van der Waals surface area contributed by atoms with Gasteiger partial charge in [-0.3, -0.25) is 0 Å². The quantitative estimate of drug-likeness (QED) is 0.827. The number of aromatic hydroxyl groups is 1. The average Bonchev–Trinajstić information content (AvgIpc) is 2.45. The van der Waals surface area contributed by atoms with Crippen LogP contribution in [0.1, 0.15) is 15.9 Å². The molecule has 0 saturated heterocycles. The van der Waals surface area contributed by atoms with Gasteiger partial charge in [-0.05, 0) is 35.9 Å². The van der Waals surface area contributed by atoms with Crippen LogP contribution in [0.25, 0.3) is 0 Å². The summed E-state index contributed by atoms with van der Waals surface area (Å²) in [7, 11) is 1.44. The number of carboxylic acid groups (broad SMARTS) is 1. The highest BCUT2D eigenvalue weighted by molar-refractivity contribution is 7.98. The van der Waals surface area contributed by atoms with Gasteiger partial charge in [-0.25, -0.2) is 9.18 Å². The van der Waals surface area contributed by atoms with Crippen LogP contribution in [-0.4, -0.2) is 23.3 Å². The third-order valence-electron chi connectivity index (χ3n) is 2.83. The Hall–Kier alpha value is -2.21. The van der Waals surface area contributed by atoms with Gasteiger partial charge < -0.3 is 14.9 Å². The number of carbonyl (C=O) groups is 1. The summed E-state index contributed by atoms with van der Waals surface area (Å²) in [5.41, 5.74) is 0.291. The summed E-state index contributed by atoms with van der Waals surface area (Å²) < 4.78 is 17.9. The third-order valence-corrected chi connectivity index (χ3v) is 3.89. The lowest BCUT2D eigenvalue weighted by Gasteiger charge is -2.10. The van der Waals surface area contributed by atoms with E-state index in [1.807, 2.05) is 0 Å². The van der Waals surface area contributed by atoms with Gasteiger partial charge in [0.15, 0.2) is 0 Å². The van der Waals surface area contributed by atoms with Crippen LogP contribution in [0.15, 0.2) is 41.3 Å². The lowest BCUT2D eigenvalue weighted by atomic mass is 10.1. The first-order chi connectivity index (χ1) is 10.0. The number of ether oxygens (including phenoxy) is 1. The predicted octanol–water partition coefficient (Wildman–Crippen LogP) is 3.53. The second-order valence-electron chi connectivity index (χ2n) is 4.23. The third kappa shape index (κ3) is 3.66. The van der Waals surface area contributed by atoms with Crippen molar-refractivity contribution in [3.8, 4) is 11.5 Å². The van der Waals surface area contributed by atoms with Crippen LogP contribution < -0.4 is 4.74 Å². The molecule has 0 radical (unpaired) electrons. The van der Waals surface area contributed by atoms with Gasteiger partial charge in [0, 0.05) is 16.7 Å². The fraction of sp³-hybridized carbons (Fsp3) is 0.133. The Balaban J connectivity index is 2.27. The van der Waals surface area contributed by atoms with Gasteiger partial charge in [0.25, 0.3) is 0 Å². The Morgan fingerprint density at radius 2 is 1.95 bits per heavy atom. The van der Waals surface area contributed by atoms with Crippen LogP contribution in [0.2, 0.25) is 0 Å². The number of aromatic carboxylic acids is 1. The second kappa shape index (κ2) is 6.49. The summed E-state index contributed by atoms with van der Waals surface area (Å²) >= 11 is 1.35.